The minimum Gasteiger partial charge on any atom is -0.338 e. The van der Waals surface area contributed by atoms with Crippen LogP contribution in [0.15, 0.2) is 61.2 Å². The van der Waals surface area contributed by atoms with E-state index < -0.39 is 0 Å². The number of benzene rings is 2. The molecule has 4 rings (SSSR count). The van der Waals surface area contributed by atoms with E-state index in [1.165, 1.54) is 23.0 Å². The lowest BCUT2D eigenvalue weighted by Crippen LogP contribution is -2.40. The molecule has 1 amide bonds. The normalized spacial score (nSPS) is 16.9. The average molecular weight is 404 g/mol. The summed E-state index contributed by atoms with van der Waals surface area (Å²) in [6, 6.07) is 17.1. The van der Waals surface area contributed by atoms with Crippen LogP contribution in [0.25, 0.3) is 5.69 Å². The van der Waals surface area contributed by atoms with Gasteiger partial charge in [0.05, 0.1) is 18.3 Å². The van der Waals surface area contributed by atoms with Gasteiger partial charge >= 0.3 is 0 Å². The number of amides is 1. The highest BCUT2D eigenvalue weighted by Crippen LogP contribution is 2.33. The Hall–Kier alpha value is -2.99. The van der Waals surface area contributed by atoms with Crippen LogP contribution in [0, 0.1) is 0 Å². The van der Waals surface area contributed by atoms with Crippen LogP contribution in [0.3, 0.4) is 0 Å². The molecule has 0 radical (unpaired) electrons. The molecule has 156 valence electrons. The van der Waals surface area contributed by atoms with Gasteiger partial charge in [-0.3, -0.25) is 9.69 Å². The fourth-order valence-electron chi connectivity index (χ4n) is 4.27. The molecule has 3 aromatic rings. The summed E-state index contributed by atoms with van der Waals surface area (Å²) in [5, 5.41) is 4.16. The molecule has 1 aromatic heterocycles. The highest BCUT2D eigenvalue weighted by atomic mass is 16.2. The Morgan fingerprint density at radius 1 is 1.17 bits per heavy atom. The van der Waals surface area contributed by atoms with Crippen molar-refractivity contribution in [1.29, 1.82) is 0 Å². The summed E-state index contributed by atoms with van der Waals surface area (Å²) >= 11 is 0. The minimum absolute atomic E-state index is 0.130. The zero-order valence-corrected chi connectivity index (χ0v) is 17.9. The SMILES string of the molecule is C[C@H](c1ccc(-n2cncn2)cc1)N(C)CC(=O)N(C)[C@@H]1CCCc2ccccc21. The standard InChI is InChI=1S/C24H29N5O/c1-18(19-11-13-21(14-12-19)29-17-25-16-26-29)27(2)15-24(30)28(3)23-10-6-8-20-7-4-5-9-22(20)23/h4-5,7,9,11-14,16-18,23H,6,8,10,15H2,1-3H3/t18-,23-/m1/s1. The third-order valence-corrected chi connectivity index (χ3v) is 6.30. The zero-order valence-electron chi connectivity index (χ0n) is 17.9. The molecule has 0 saturated heterocycles. The van der Waals surface area contributed by atoms with Crippen molar-refractivity contribution in [2.45, 2.75) is 38.3 Å². The van der Waals surface area contributed by atoms with Crippen molar-refractivity contribution in [3.8, 4) is 5.69 Å². The molecule has 0 N–H and O–H groups in total. The molecule has 0 unspecified atom stereocenters. The largest absolute Gasteiger partial charge is 0.338 e. The maximum absolute atomic E-state index is 13.1. The Kier molecular flexibility index (Phi) is 5.95. The van der Waals surface area contributed by atoms with Gasteiger partial charge in [-0.2, -0.15) is 5.10 Å². The van der Waals surface area contributed by atoms with Crippen molar-refractivity contribution in [3.05, 3.63) is 77.9 Å². The first-order valence-corrected chi connectivity index (χ1v) is 10.5. The van der Waals surface area contributed by atoms with E-state index in [9.17, 15) is 4.79 Å². The zero-order chi connectivity index (χ0) is 21.1. The number of hydrogen-bond acceptors (Lipinski definition) is 4. The number of hydrogen-bond donors (Lipinski definition) is 0. The van der Waals surface area contributed by atoms with E-state index in [0.29, 0.717) is 6.54 Å². The summed E-state index contributed by atoms with van der Waals surface area (Å²) in [5.74, 6) is 0.158. The Balaban J connectivity index is 1.40. The number of fused-ring (bicyclic) bond motifs is 1. The molecule has 0 fully saturated rings. The fourth-order valence-corrected chi connectivity index (χ4v) is 4.27. The van der Waals surface area contributed by atoms with E-state index in [0.717, 1.165) is 24.9 Å². The quantitative estimate of drug-likeness (QED) is 0.628. The molecule has 0 bridgehead atoms. The van der Waals surface area contributed by atoms with Crippen LogP contribution in [0.4, 0.5) is 0 Å². The first-order valence-electron chi connectivity index (χ1n) is 10.5. The molecule has 2 atom stereocenters. The van der Waals surface area contributed by atoms with Crippen molar-refractivity contribution in [2.75, 3.05) is 20.6 Å². The third kappa shape index (κ3) is 4.14. The molecule has 0 saturated carbocycles. The van der Waals surface area contributed by atoms with E-state index in [-0.39, 0.29) is 18.0 Å². The minimum atomic E-state index is 0.130. The Labute approximate surface area is 178 Å². The van der Waals surface area contributed by atoms with E-state index >= 15 is 0 Å². The molecule has 30 heavy (non-hydrogen) atoms. The number of aryl methyl sites for hydroxylation is 1. The highest BCUT2D eigenvalue weighted by Gasteiger charge is 2.27. The number of aromatic nitrogens is 3. The lowest BCUT2D eigenvalue weighted by molar-refractivity contribution is -0.133. The van der Waals surface area contributed by atoms with Crippen LogP contribution in [-0.2, 0) is 11.2 Å². The maximum Gasteiger partial charge on any atom is 0.237 e. The number of rotatable bonds is 6. The molecule has 1 heterocycles. The van der Waals surface area contributed by atoms with E-state index in [2.05, 4.69) is 58.3 Å². The van der Waals surface area contributed by atoms with Gasteiger partial charge in [0, 0.05) is 13.1 Å². The summed E-state index contributed by atoms with van der Waals surface area (Å²) in [7, 11) is 3.96. The van der Waals surface area contributed by atoms with Gasteiger partial charge in [-0.15, -0.1) is 0 Å². The van der Waals surface area contributed by atoms with E-state index in [1.54, 1.807) is 11.0 Å². The smallest absolute Gasteiger partial charge is 0.237 e. The van der Waals surface area contributed by atoms with Crippen LogP contribution in [0.1, 0.15) is 48.5 Å². The van der Waals surface area contributed by atoms with Gasteiger partial charge in [0.15, 0.2) is 0 Å². The van der Waals surface area contributed by atoms with Crippen LogP contribution in [-0.4, -0.2) is 51.1 Å². The molecule has 1 aliphatic carbocycles. The van der Waals surface area contributed by atoms with Crippen molar-refractivity contribution in [1.82, 2.24) is 24.6 Å². The van der Waals surface area contributed by atoms with Gasteiger partial charge in [0.2, 0.25) is 5.91 Å². The first-order chi connectivity index (χ1) is 14.5. The topological polar surface area (TPSA) is 54.3 Å². The van der Waals surface area contributed by atoms with Crippen molar-refractivity contribution >= 4 is 5.91 Å². The molecule has 1 aliphatic rings. The maximum atomic E-state index is 13.1. The van der Waals surface area contributed by atoms with E-state index in [4.69, 9.17) is 0 Å². The molecule has 0 aliphatic heterocycles. The lowest BCUT2D eigenvalue weighted by Gasteiger charge is -2.35. The molecule has 6 nitrogen and oxygen atoms in total. The van der Waals surface area contributed by atoms with E-state index in [1.807, 2.05) is 31.1 Å². The van der Waals surface area contributed by atoms with Crippen LogP contribution >= 0.6 is 0 Å². The summed E-state index contributed by atoms with van der Waals surface area (Å²) in [4.78, 5) is 21.1. The average Bonchev–Trinajstić information content (AvgIpc) is 3.32. The summed E-state index contributed by atoms with van der Waals surface area (Å²) in [6.45, 7) is 2.52. The predicted octanol–water partition coefficient (Wildman–Crippen LogP) is 3.80. The van der Waals surface area contributed by atoms with Gasteiger partial charge in [-0.05, 0) is 62.1 Å². The number of nitrogens with zero attached hydrogens (tertiary/aromatic N) is 5. The Morgan fingerprint density at radius 3 is 2.67 bits per heavy atom. The second-order valence-corrected chi connectivity index (χ2v) is 8.13. The molecule has 6 heteroatoms. The number of carbonyl (C=O) groups is 1. The molecule has 2 aromatic carbocycles. The van der Waals surface area contributed by atoms with Gasteiger partial charge in [0.25, 0.3) is 0 Å². The summed E-state index contributed by atoms with van der Waals surface area (Å²) in [5.41, 5.74) is 4.82. The van der Waals surface area contributed by atoms with Gasteiger partial charge in [0.1, 0.15) is 12.7 Å². The van der Waals surface area contributed by atoms with Gasteiger partial charge in [-0.25, -0.2) is 9.67 Å². The number of carbonyl (C=O) groups excluding carboxylic acids is 1. The second-order valence-electron chi connectivity index (χ2n) is 8.13. The predicted molar refractivity (Wildman–Crippen MR) is 117 cm³/mol. The molecule has 0 spiro atoms. The van der Waals surface area contributed by atoms with Gasteiger partial charge < -0.3 is 4.90 Å². The van der Waals surface area contributed by atoms with Crippen molar-refractivity contribution in [3.63, 3.8) is 0 Å². The Bertz CT molecular complexity index is 983. The first kappa shape index (κ1) is 20.3. The molecular formula is C24H29N5O. The highest BCUT2D eigenvalue weighted by molar-refractivity contribution is 5.78. The van der Waals surface area contributed by atoms with Crippen LogP contribution in [0.2, 0.25) is 0 Å². The van der Waals surface area contributed by atoms with Crippen molar-refractivity contribution in [2.24, 2.45) is 0 Å². The Morgan fingerprint density at radius 2 is 1.93 bits per heavy atom. The fraction of sp³-hybridized carbons (Fsp3) is 0.375. The molecular weight excluding hydrogens is 374 g/mol. The second kappa shape index (κ2) is 8.79. The monoisotopic (exact) mass is 403 g/mol. The van der Waals surface area contributed by atoms with Crippen LogP contribution < -0.4 is 0 Å². The number of likely N-dealkylation sites (N-methyl/N-ethyl adjacent to an activating group) is 2. The third-order valence-electron chi connectivity index (χ3n) is 6.30. The summed E-state index contributed by atoms with van der Waals surface area (Å²) < 4.78 is 1.73. The van der Waals surface area contributed by atoms with Crippen LogP contribution in [0.5, 0.6) is 0 Å². The summed E-state index contributed by atoms with van der Waals surface area (Å²) in [6.07, 6.45) is 6.47. The van der Waals surface area contributed by atoms with Crippen molar-refractivity contribution < 1.29 is 4.79 Å². The lowest BCUT2D eigenvalue weighted by atomic mass is 9.87. The van der Waals surface area contributed by atoms with Gasteiger partial charge in [-0.1, -0.05) is 36.4 Å².